The molecule has 0 aliphatic carbocycles. The number of benzene rings is 3. The van der Waals surface area contributed by atoms with Gasteiger partial charge in [-0.05, 0) is 55.3 Å². The number of nitrogens with zero attached hydrogens (tertiary/aromatic N) is 2. The predicted octanol–water partition coefficient (Wildman–Crippen LogP) is 5.12. The van der Waals surface area contributed by atoms with Crippen LogP contribution in [-0.4, -0.2) is 17.9 Å². The van der Waals surface area contributed by atoms with E-state index in [2.05, 4.69) is 15.9 Å². The van der Waals surface area contributed by atoms with E-state index in [1.54, 1.807) is 5.06 Å². The van der Waals surface area contributed by atoms with E-state index >= 15 is 0 Å². The van der Waals surface area contributed by atoms with Crippen molar-refractivity contribution in [2.45, 2.75) is 26.0 Å². The number of hydroxylamine groups is 1. The maximum atomic E-state index is 13.7. The zero-order valence-corrected chi connectivity index (χ0v) is 18.7. The Hall–Kier alpha value is -2.96. The van der Waals surface area contributed by atoms with Crippen LogP contribution < -0.4 is 9.96 Å². The molecule has 2 aliphatic heterocycles. The fraction of sp³-hybridized carbons (Fsp3) is 0.200. The van der Waals surface area contributed by atoms with Crippen molar-refractivity contribution in [3.8, 4) is 0 Å². The quantitative estimate of drug-likeness (QED) is 0.492. The van der Waals surface area contributed by atoms with Gasteiger partial charge in [0.2, 0.25) is 5.91 Å². The third kappa shape index (κ3) is 3.27. The van der Waals surface area contributed by atoms with Crippen molar-refractivity contribution in [2.24, 2.45) is 5.92 Å². The molecule has 0 saturated carbocycles. The minimum Gasteiger partial charge on any atom is -0.273 e. The van der Waals surface area contributed by atoms with Crippen LogP contribution >= 0.6 is 15.9 Å². The fourth-order valence-corrected chi connectivity index (χ4v) is 4.95. The first-order chi connectivity index (χ1) is 15.0. The molecule has 6 heteroatoms. The van der Waals surface area contributed by atoms with Crippen molar-refractivity contribution in [1.82, 2.24) is 0 Å². The topological polar surface area (TPSA) is 49.9 Å². The Bertz CT molecular complexity index is 1180. The highest BCUT2D eigenvalue weighted by atomic mass is 79.9. The molecular formula is C25H21BrN2O3. The Morgan fingerprint density at radius 2 is 1.65 bits per heavy atom. The summed E-state index contributed by atoms with van der Waals surface area (Å²) in [5, 5.41) is 1.71. The minimum atomic E-state index is -0.864. The first kappa shape index (κ1) is 20.0. The van der Waals surface area contributed by atoms with Gasteiger partial charge in [-0.2, -0.15) is 0 Å². The van der Waals surface area contributed by atoms with Crippen molar-refractivity contribution in [1.29, 1.82) is 0 Å². The molecule has 3 atom stereocenters. The van der Waals surface area contributed by atoms with E-state index in [1.165, 1.54) is 4.90 Å². The molecule has 0 unspecified atom stereocenters. The van der Waals surface area contributed by atoms with Gasteiger partial charge in [-0.25, -0.2) is 9.96 Å². The van der Waals surface area contributed by atoms with Gasteiger partial charge < -0.3 is 0 Å². The molecule has 2 saturated heterocycles. The Morgan fingerprint density at radius 1 is 0.871 bits per heavy atom. The van der Waals surface area contributed by atoms with Gasteiger partial charge in [0.1, 0.15) is 5.92 Å². The first-order valence-corrected chi connectivity index (χ1v) is 11.0. The Balaban J connectivity index is 1.60. The lowest BCUT2D eigenvalue weighted by Crippen LogP contribution is -2.37. The van der Waals surface area contributed by atoms with Crippen molar-refractivity contribution >= 4 is 39.1 Å². The fourth-order valence-electron chi connectivity index (χ4n) is 4.54. The monoisotopic (exact) mass is 476 g/mol. The van der Waals surface area contributed by atoms with Crippen LogP contribution in [0.5, 0.6) is 0 Å². The maximum absolute atomic E-state index is 13.7. The van der Waals surface area contributed by atoms with Crippen molar-refractivity contribution < 1.29 is 14.4 Å². The normalized spacial score (nSPS) is 22.9. The highest BCUT2D eigenvalue weighted by molar-refractivity contribution is 9.10. The third-order valence-corrected chi connectivity index (χ3v) is 6.40. The van der Waals surface area contributed by atoms with E-state index in [9.17, 15) is 9.59 Å². The summed E-state index contributed by atoms with van der Waals surface area (Å²) < 4.78 is 0.907. The van der Waals surface area contributed by atoms with Crippen LogP contribution in [0.2, 0.25) is 0 Å². The SMILES string of the molecule is Cc1ccc(N2C(=O)[C@@H]3[C@H](ON(c4ccccc4)[C@@H]3c3cccc(Br)c3)C2=O)c(C)c1. The summed E-state index contributed by atoms with van der Waals surface area (Å²) >= 11 is 3.53. The number of carbonyl (C=O) groups is 2. The second kappa shape index (κ2) is 7.62. The molecule has 3 aromatic rings. The lowest BCUT2D eigenvalue weighted by molar-refractivity contribution is -0.126. The van der Waals surface area contributed by atoms with Crippen LogP contribution in [0.4, 0.5) is 11.4 Å². The van der Waals surface area contributed by atoms with Gasteiger partial charge in [-0.15, -0.1) is 0 Å². The molecule has 0 aromatic heterocycles. The van der Waals surface area contributed by atoms with Crippen molar-refractivity contribution in [3.63, 3.8) is 0 Å². The van der Waals surface area contributed by atoms with Crippen LogP contribution in [0.25, 0.3) is 0 Å². The van der Waals surface area contributed by atoms with E-state index in [0.717, 1.165) is 26.9 Å². The summed E-state index contributed by atoms with van der Waals surface area (Å²) in [5.41, 5.74) is 4.31. The van der Waals surface area contributed by atoms with E-state index in [-0.39, 0.29) is 11.8 Å². The molecule has 2 fully saturated rings. The molecule has 2 heterocycles. The second-order valence-corrected chi connectivity index (χ2v) is 8.93. The number of hydrogen-bond acceptors (Lipinski definition) is 4. The standard InChI is InChI=1S/C25H21BrN2O3/c1-15-11-12-20(16(2)13-15)27-24(29)21-22(17-7-6-8-18(26)14-17)28(31-23(21)25(27)30)19-9-4-3-5-10-19/h3-14,21-23H,1-2H3/t21-,22+,23-/m0/s1. The Labute approximate surface area is 189 Å². The molecule has 5 rings (SSSR count). The molecule has 0 bridgehead atoms. The number of imide groups is 1. The number of carbonyl (C=O) groups excluding carboxylic acids is 2. The van der Waals surface area contributed by atoms with Gasteiger partial charge in [-0.1, -0.05) is 64.0 Å². The average molecular weight is 477 g/mol. The average Bonchev–Trinajstić information content (AvgIpc) is 3.26. The van der Waals surface area contributed by atoms with Gasteiger partial charge in [0, 0.05) is 4.47 Å². The minimum absolute atomic E-state index is 0.231. The first-order valence-electron chi connectivity index (χ1n) is 10.2. The lowest BCUT2D eigenvalue weighted by atomic mass is 9.90. The summed E-state index contributed by atoms with van der Waals surface area (Å²) in [6.45, 7) is 3.91. The van der Waals surface area contributed by atoms with Gasteiger partial charge in [0.15, 0.2) is 6.10 Å². The molecular weight excluding hydrogens is 456 g/mol. The molecule has 0 radical (unpaired) electrons. The summed E-state index contributed by atoms with van der Waals surface area (Å²) in [6, 6.07) is 22.7. The lowest BCUT2D eigenvalue weighted by Gasteiger charge is -2.29. The highest BCUT2D eigenvalue weighted by Crippen LogP contribution is 2.48. The van der Waals surface area contributed by atoms with Crippen molar-refractivity contribution in [3.05, 3.63) is 94.0 Å². The summed E-state index contributed by atoms with van der Waals surface area (Å²) in [5.74, 6) is -1.19. The third-order valence-electron chi connectivity index (χ3n) is 5.91. The number of aryl methyl sites for hydroxylation is 2. The smallest absolute Gasteiger partial charge is 0.266 e. The number of anilines is 2. The van der Waals surface area contributed by atoms with Crippen LogP contribution in [-0.2, 0) is 14.4 Å². The van der Waals surface area contributed by atoms with Gasteiger partial charge in [0.25, 0.3) is 5.91 Å². The van der Waals surface area contributed by atoms with Gasteiger partial charge >= 0.3 is 0 Å². The second-order valence-electron chi connectivity index (χ2n) is 8.01. The number of rotatable bonds is 3. The molecule has 5 nitrogen and oxygen atoms in total. The van der Waals surface area contributed by atoms with Gasteiger partial charge in [0.05, 0.1) is 17.4 Å². The molecule has 2 aliphatic rings. The van der Waals surface area contributed by atoms with Crippen molar-refractivity contribution in [2.75, 3.05) is 9.96 Å². The molecule has 31 heavy (non-hydrogen) atoms. The van der Waals surface area contributed by atoms with Crippen LogP contribution in [0.1, 0.15) is 22.7 Å². The maximum Gasteiger partial charge on any atom is 0.266 e. The largest absolute Gasteiger partial charge is 0.273 e. The van der Waals surface area contributed by atoms with Crippen LogP contribution in [0, 0.1) is 19.8 Å². The zero-order valence-electron chi connectivity index (χ0n) is 17.2. The Kier molecular flexibility index (Phi) is 4.91. The van der Waals surface area contributed by atoms with E-state index < -0.39 is 18.1 Å². The van der Waals surface area contributed by atoms with E-state index in [1.807, 2.05) is 86.6 Å². The molecule has 3 aromatic carbocycles. The zero-order chi connectivity index (χ0) is 21.7. The molecule has 2 amide bonds. The number of fused-ring (bicyclic) bond motifs is 1. The number of para-hydroxylation sites is 1. The summed E-state index contributed by atoms with van der Waals surface area (Å²) in [7, 11) is 0. The highest BCUT2D eigenvalue weighted by Gasteiger charge is 2.60. The molecule has 0 spiro atoms. The predicted molar refractivity (Wildman–Crippen MR) is 123 cm³/mol. The van der Waals surface area contributed by atoms with E-state index in [4.69, 9.17) is 4.84 Å². The van der Waals surface area contributed by atoms with Crippen LogP contribution in [0.3, 0.4) is 0 Å². The summed E-state index contributed by atoms with van der Waals surface area (Å²) in [4.78, 5) is 34.6. The van der Waals surface area contributed by atoms with E-state index in [0.29, 0.717) is 5.69 Å². The summed E-state index contributed by atoms with van der Waals surface area (Å²) in [6.07, 6.45) is -0.864. The number of halogens is 1. The Morgan fingerprint density at radius 3 is 2.35 bits per heavy atom. The van der Waals surface area contributed by atoms with Gasteiger partial charge in [-0.3, -0.25) is 14.4 Å². The number of amides is 2. The number of hydrogen-bond donors (Lipinski definition) is 0. The van der Waals surface area contributed by atoms with Crippen LogP contribution in [0.15, 0.2) is 77.3 Å². The molecule has 156 valence electrons. The molecule has 0 N–H and O–H groups in total.